The molecule has 140 valence electrons. The SMILES string of the molecule is Cc1ccc(S(=O)(=O)c2nc3ccccc3nc2NCc2ccccc2)cc1. The minimum atomic E-state index is -3.82. The Morgan fingerprint density at radius 1 is 0.786 bits per heavy atom. The predicted octanol–water partition coefficient (Wildman–Crippen LogP) is 4.38. The fraction of sp³-hybridized carbons (Fsp3) is 0.0909. The van der Waals surface area contributed by atoms with Gasteiger partial charge in [0, 0.05) is 6.54 Å². The molecule has 0 unspecified atom stereocenters. The first-order chi connectivity index (χ1) is 13.5. The highest BCUT2D eigenvalue weighted by molar-refractivity contribution is 7.91. The van der Waals surface area contributed by atoms with Crippen LogP contribution >= 0.6 is 0 Å². The second-order valence-electron chi connectivity index (χ2n) is 6.52. The molecule has 0 bridgehead atoms. The van der Waals surface area contributed by atoms with E-state index in [1.807, 2.05) is 55.5 Å². The summed E-state index contributed by atoms with van der Waals surface area (Å²) in [6.45, 7) is 2.36. The molecule has 0 saturated carbocycles. The van der Waals surface area contributed by atoms with Crippen molar-refractivity contribution in [2.45, 2.75) is 23.4 Å². The van der Waals surface area contributed by atoms with Crippen LogP contribution in [-0.2, 0) is 16.4 Å². The number of aryl methyl sites for hydroxylation is 1. The Labute approximate surface area is 164 Å². The van der Waals surface area contributed by atoms with Crippen LogP contribution in [0.4, 0.5) is 5.82 Å². The van der Waals surface area contributed by atoms with Crippen LogP contribution < -0.4 is 5.32 Å². The van der Waals surface area contributed by atoms with E-state index in [0.717, 1.165) is 11.1 Å². The number of rotatable bonds is 5. The normalized spacial score (nSPS) is 11.5. The number of anilines is 1. The van der Waals surface area contributed by atoms with Gasteiger partial charge in [-0.05, 0) is 36.8 Å². The largest absolute Gasteiger partial charge is 0.364 e. The molecule has 6 heteroatoms. The van der Waals surface area contributed by atoms with Gasteiger partial charge >= 0.3 is 0 Å². The summed E-state index contributed by atoms with van der Waals surface area (Å²) in [6.07, 6.45) is 0. The maximum absolute atomic E-state index is 13.3. The molecule has 0 fully saturated rings. The van der Waals surface area contributed by atoms with E-state index in [4.69, 9.17) is 0 Å². The molecule has 0 saturated heterocycles. The third kappa shape index (κ3) is 3.59. The Hall–Kier alpha value is -3.25. The molecule has 1 heterocycles. The van der Waals surface area contributed by atoms with E-state index in [0.29, 0.717) is 17.6 Å². The number of benzene rings is 3. The average molecular weight is 389 g/mol. The standard InChI is InChI=1S/C22H19N3O2S/c1-16-11-13-18(14-12-16)28(26,27)22-21(23-15-17-7-3-2-4-8-17)24-19-9-5-6-10-20(19)25-22/h2-14H,15H2,1H3,(H,23,24). The second kappa shape index (κ2) is 7.40. The molecule has 0 aliphatic heterocycles. The van der Waals surface area contributed by atoms with Gasteiger partial charge in [0.1, 0.15) is 0 Å². The van der Waals surface area contributed by atoms with Gasteiger partial charge in [-0.3, -0.25) is 0 Å². The lowest BCUT2D eigenvalue weighted by Crippen LogP contribution is -2.12. The van der Waals surface area contributed by atoms with Crippen molar-refractivity contribution >= 4 is 26.7 Å². The minimum Gasteiger partial charge on any atom is -0.364 e. The van der Waals surface area contributed by atoms with Crippen LogP contribution in [0.15, 0.2) is 88.8 Å². The molecule has 28 heavy (non-hydrogen) atoms. The fourth-order valence-electron chi connectivity index (χ4n) is 2.90. The third-order valence-electron chi connectivity index (χ3n) is 4.43. The zero-order chi connectivity index (χ0) is 19.6. The number of nitrogens with one attached hydrogen (secondary N) is 1. The van der Waals surface area contributed by atoms with E-state index in [1.54, 1.807) is 30.3 Å². The highest BCUT2D eigenvalue weighted by Gasteiger charge is 2.25. The van der Waals surface area contributed by atoms with E-state index < -0.39 is 9.84 Å². The van der Waals surface area contributed by atoms with Crippen molar-refractivity contribution in [2.75, 3.05) is 5.32 Å². The van der Waals surface area contributed by atoms with Crippen molar-refractivity contribution < 1.29 is 8.42 Å². The molecule has 3 aromatic carbocycles. The summed E-state index contributed by atoms with van der Waals surface area (Å²) in [6, 6.07) is 23.7. The first-order valence-electron chi connectivity index (χ1n) is 8.90. The number of sulfone groups is 1. The van der Waals surface area contributed by atoms with Crippen molar-refractivity contribution in [3.63, 3.8) is 0 Å². The van der Waals surface area contributed by atoms with Gasteiger partial charge in [0.05, 0.1) is 15.9 Å². The molecule has 0 aliphatic rings. The summed E-state index contributed by atoms with van der Waals surface area (Å²) in [4.78, 5) is 9.19. The lowest BCUT2D eigenvalue weighted by Gasteiger charge is -2.13. The van der Waals surface area contributed by atoms with Crippen molar-refractivity contribution in [3.05, 3.63) is 90.0 Å². The van der Waals surface area contributed by atoms with E-state index in [2.05, 4.69) is 15.3 Å². The summed E-state index contributed by atoms with van der Waals surface area (Å²) < 4.78 is 26.6. The molecule has 1 aromatic heterocycles. The Morgan fingerprint density at radius 2 is 1.39 bits per heavy atom. The number of para-hydroxylation sites is 2. The molecule has 0 amide bonds. The predicted molar refractivity (Wildman–Crippen MR) is 110 cm³/mol. The highest BCUT2D eigenvalue weighted by Crippen LogP contribution is 2.27. The Morgan fingerprint density at radius 3 is 2.07 bits per heavy atom. The van der Waals surface area contributed by atoms with Crippen molar-refractivity contribution in [3.8, 4) is 0 Å². The molecule has 1 N–H and O–H groups in total. The summed E-state index contributed by atoms with van der Waals surface area (Å²) >= 11 is 0. The van der Waals surface area contributed by atoms with Crippen LogP contribution in [0.25, 0.3) is 11.0 Å². The molecule has 0 atom stereocenters. The number of hydrogen-bond donors (Lipinski definition) is 1. The van der Waals surface area contributed by atoms with E-state index >= 15 is 0 Å². The average Bonchev–Trinajstić information content (AvgIpc) is 2.72. The van der Waals surface area contributed by atoms with Crippen LogP contribution in [-0.4, -0.2) is 18.4 Å². The van der Waals surface area contributed by atoms with Crippen molar-refractivity contribution in [1.82, 2.24) is 9.97 Å². The first kappa shape index (κ1) is 18.1. The van der Waals surface area contributed by atoms with E-state index in [9.17, 15) is 8.42 Å². The van der Waals surface area contributed by atoms with E-state index in [-0.39, 0.29) is 15.7 Å². The topological polar surface area (TPSA) is 72.0 Å². The van der Waals surface area contributed by atoms with Gasteiger partial charge < -0.3 is 5.32 Å². The second-order valence-corrected chi connectivity index (χ2v) is 8.39. The zero-order valence-corrected chi connectivity index (χ0v) is 16.1. The highest BCUT2D eigenvalue weighted by atomic mass is 32.2. The first-order valence-corrected chi connectivity index (χ1v) is 10.4. The number of aromatic nitrogens is 2. The van der Waals surface area contributed by atoms with Gasteiger partial charge in [0.15, 0.2) is 5.82 Å². The lowest BCUT2D eigenvalue weighted by molar-refractivity contribution is 0.592. The van der Waals surface area contributed by atoms with Crippen LogP contribution in [0.1, 0.15) is 11.1 Å². The van der Waals surface area contributed by atoms with Crippen LogP contribution in [0, 0.1) is 6.92 Å². The Kier molecular flexibility index (Phi) is 4.79. The van der Waals surface area contributed by atoms with Gasteiger partial charge in [-0.1, -0.05) is 60.2 Å². The van der Waals surface area contributed by atoms with Gasteiger partial charge in [-0.2, -0.15) is 0 Å². The Bertz CT molecular complexity index is 1220. The van der Waals surface area contributed by atoms with Crippen LogP contribution in [0.5, 0.6) is 0 Å². The maximum atomic E-state index is 13.3. The summed E-state index contributed by atoms with van der Waals surface area (Å²) in [5, 5.41) is 3.09. The maximum Gasteiger partial charge on any atom is 0.227 e. The monoisotopic (exact) mass is 389 g/mol. The van der Waals surface area contributed by atoms with E-state index in [1.165, 1.54) is 0 Å². The zero-order valence-electron chi connectivity index (χ0n) is 15.3. The summed E-state index contributed by atoms with van der Waals surface area (Å²) in [7, 11) is -3.82. The van der Waals surface area contributed by atoms with Gasteiger partial charge in [-0.25, -0.2) is 18.4 Å². The molecule has 0 radical (unpaired) electrons. The van der Waals surface area contributed by atoms with Crippen LogP contribution in [0.2, 0.25) is 0 Å². The number of nitrogens with zero attached hydrogens (tertiary/aromatic N) is 2. The molecule has 4 rings (SSSR count). The molecule has 4 aromatic rings. The van der Waals surface area contributed by atoms with Crippen LogP contribution in [0.3, 0.4) is 0 Å². The van der Waals surface area contributed by atoms with Crippen molar-refractivity contribution in [1.29, 1.82) is 0 Å². The van der Waals surface area contributed by atoms with Gasteiger partial charge in [0.25, 0.3) is 0 Å². The molecule has 0 aliphatic carbocycles. The molecular formula is C22H19N3O2S. The Balaban J connectivity index is 1.82. The van der Waals surface area contributed by atoms with Gasteiger partial charge in [-0.15, -0.1) is 0 Å². The number of hydrogen-bond acceptors (Lipinski definition) is 5. The molecule has 0 spiro atoms. The molecule has 5 nitrogen and oxygen atoms in total. The molecular weight excluding hydrogens is 370 g/mol. The summed E-state index contributed by atoms with van der Waals surface area (Å²) in [5.41, 5.74) is 3.20. The minimum absolute atomic E-state index is 0.0639. The smallest absolute Gasteiger partial charge is 0.227 e. The quantitative estimate of drug-likeness (QED) is 0.548. The van der Waals surface area contributed by atoms with Crippen molar-refractivity contribution in [2.24, 2.45) is 0 Å². The lowest BCUT2D eigenvalue weighted by atomic mass is 10.2. The number of fused-ring (bicyclic) bond motifs is 1. The summed E-state index contributed by atoms with van der Waals surface area (Å²) in [5.74, 6) is 0.253. The third-order valence-corrected chi connectivity index (χ3v) is 6.11. The fourth-order valence-corrected chi connectivity index (χ4v) is 4.21. The van der Waals surface area contributed by atoms with Gasteiger partial charge in [0.2, 0.25) is 14.9 Å².